The van der Waals surface area contributed by atoms with E-state index in [1.165, 1.54) is 38.0 Å². The highest BCUT2D eigenvalue weighted by atomic mass is 16.6. The molecule has 3 aliphatic heterocycles. The number of benzene rings is 1. The third-order valence-electron chi connectivity index (χ3n) is 5.12. The highest BCUT2D eigenvalue weighted by Gasteiger charge is 2.35. The Hall–Kier alpha value is -1.42. The van der Waals surface area contributed by atoms with Crippen molar-refractivity contribution in [2.24, 2.45) is 0 Å². The number of rotatable bonds is 2. The molecule has 21 heavy (non-hydrogen) atoms. The Morgan fingerprint density at radius 1 is 1.14 bits per heavy atom. The van der Waals surface area contributed by atoms with Crippen LogP contribution in [-0.2, 0) is 0 Å². The lowest BCUT2D eigenvalue weighted by atomic mass is 10.0. The zero-order valence-corrected chi connectivity index (χ0v) is 12.8. The predicted octanol–water partition coefficient (Wildman–Crippen LogP) is 2.52. The van der Waals surface area contributed by atoms with Crippen LogP contribution in [-0.4, -0.2) is 49.8 Å². The summed E-state index contributed by atoms with van der Waals surface area (Å²) in [6, 6.07) is 7.78. The quantitative estimate of drug-likeness (QED) is 0.835. The first kappa shape index (κ1) is 13.3. The molecular weight excluding hydrogens is 264 g/mol. The third kappa shape index (κ3) is 2.35. The molecule has 0 aromatic heterocycles. The Morgan fingerprint density at radius 2 is 2.00 bits per heavy atom. The van der Waals surface area contributed by atoms with Crippen molar-refractivity contribution in [2.75, 3.05) is 37.7 Å². The average Bonchev–Trinajstić information content (AvgIpc) is 3.00. The maximum Gasteiger partial charge on any atom is 0.163 e. The molecule has 0 aliphatic carbocycles. The normalized spacial score (nSPS) is 28.5. The first-order valence-electron chi connectivity index (χ1n) is 8.25. The van der Waals surface area contributed by atoms with Gasteiger partial charge in [0.05, 0.1) is 0 Å². The van der Waals surface area contributed by atoms with Crippen molar-refractivity contribution in [2.45, 2.75) is 38.3 Å². The fraction of sp³-hybridized carbons (Fsp3) is 0.647. The van der Waals surface area contributed by atoms with Gasteiger partial charge in [-0.3, -0.25) is 4.90 Å². The highest BCUT2D eigenvalue weighted by Crippen LogP contribution is 2.37. The Bertz CT molecular complexity index is 520. The van der Waals surface area contributed by atoms with E-state index < -0.39 is 0 Å². The number of piperazine rings is 1. The third-order valence-corrected chi connectivity index (χ3v) is 5.12. The van der Waals surface area contributed by atoms with Crippen LogP contribution in [0.5, 0.6) is 11.5 Å². The SMILES string of the molecule is CCC1CN2CCCC2CN1c1ccc2c(c1)OCCO2. The van der Waals surface area contributed by atoms with E-state index in [0.29, 0.717) is 19.3 Å². The van der Waals surface area contributed by atoms with E-state index in [-0.39, 0.29) is 0 Å². The summed E-state index contributed by atoms with van der Waals surface area (Å²) in [5.74, 6) is 1.79. The smallest absolute Gasteiger partial charge is 0.163 e. The van der Waals surface area contributed by atoms with Crippen LogP contribution in [0, 0.1) is 0 Å². The van der Waals surface area contributed by atoms with Gasteiger partial charge in [0.15, 0.2) is 11.5 Å². The summed E-state index contributed by atoms with van der Waals surface area (Å²) in [5, 5.41) is 0. The lowest BCUT2D eigenvalue weighted by molar-refractivity contribution is 0.171. The predicted molar refractivity (Wildman–Crippen MR) is 83.5 cm³/mol. The van der Waals surface area contributed by atoms with E-state index in [0.717, 1.165) is 24.1 Å². The molecule has 0 saturated carbocycles. The van der Waals surface area contributed by atoms with Crippen molar-refractivity contribution < 1.29 is 9.47 Å². The minimum absolute atomic E-state index is 0.613. The molecule has 2 unspecified atom stereocenters. The molecule has 3 heterocycles. The van der Waals surface area contributed by atoms with Crippen LogP contribution in [0.3, 0.4) is 0 Å². The minimum atomic E-state index is 0.613. The minimum Gasteiger partial charge on any atom is -0.486 e. The lowest BCUT2D eigenvalue weighted by Crippen LogP contribution is -2.56. The Labute approximate surface area is 126 Å². The fourth-order valence-electron chi connectivity index (χ4n) is 3.96. The lowest BCUT2D eigenvalue weighted by Gasteiger charge is -2.45. The fourth-order valence-corrected chi connectivity index (χ4v) is 3.96. The summed E-state index contributed by atoms with van der Waals surface area (Å²) in [7, 11) is 0. The maximum absolute atomic E-state index is 5.75. The molecule has 1 aromatic rings. The van der Waals surface area contributed by atoms with Gasteiger partial charge in [0, 0.05) is 36.9 Å². The molecule has 0 bridgehead atoms. The van der Waals surface area contributed by atoms with E-state index in [2.05, 4.69) is 34.9 Å². The molecule has 4 heteroatoms. The van der Waals surface area contributed by atoms with Crippen molar-refractivity contribution >= 4 is 5.69 Å². The maximum atomic E-state index is 5.75. The summed E-state index contributed by atoms with van der Waals surface area (Å²) in [5.41, 5.74) is 1.29. The molecule has 4 nitrogen and oxygen atoms in total. The molecule has 114 valence electrons. The molecule has 2 saturated heterocycles. The molecule has 0 radical (unpaired) electrons. The topological polar surface area (TPSA) is 24.9 Å². The average molecular weight is 288 g/mol. The number of ether oxygens (including phenoxy) is 2. The van der Waals surface area contributed by atoms with E-state index in [1.54, 1.807) is 0 Å². The summed E-state index contributed by atoms with van der Waals surface area (Å²) < 4.78 is 11.4. The molecule has 0 spiro atoms. The zero-order chi connectivity index (χ0) is 14.2. The molecular formula is C17H24N2O2. The van der Waals surface area contributed by atoms with Gasteiger partial charge < -0.3 is 14.4 Å². The van der Waals surface area contributed by atoms with E-state index >= 15 is 0 Å². The standard InChI is InChI=1S/C17H24N2O2/c1-2-13-11-18-7-3-4-15(18)12-19(13)14-5-6-16-17(10-14)21-9-8-20-16/h5-6,10,13,15H,2-4,7-9,11-12H2,1H3. The second kappa shape index (κ2) is 5.41. The van der Waals surface area contributed by atoms with Crippen molar-refractivity contribution in [3.63, 3.8) is 0 Å². The van der Waals surface area contributed by atoms with Crippen molar-refractivity contribution in [1.82, 2.24) is 4.90 Å². The van der Waals surface area contributed by atoms with Crippen LogP contribution in [0.25, 0.3) is 0 Å². The summed E-state index contributed by atoms with van der Waals surface area (Å²) in [6.07, 6.45) is 3.89. The second-order valence-corrected chi connectivity index (χ2v) is 6.33. The molecule has 1 aromatic carbocycles. The number of nitrogens with zero attached hydrogens (tertiary/aromatic N) is 2. The number of hydrogen-bond donors (Lipinski definition) is 0. The zero-order valence-electron chi connectivity index (χ0n) is 12.8. The van der Waals surface area contributed by atoms with Crippen LogP contribution in [0.1, 0.15) is 26.2 Å². The van der Waals surface area contributed by atoms with Gasteiger partial charge in [-0.05, 0) is 37.9 Å². The van der Waals surface area contributed by atoms with Crippen LogP contribution in [0.2, 0.25) is 0 Å². The second-order valence-electron chi connectivity index (χ2n) is 6.33. The van der Waals surface area contributed by atoms with E-state index in [9.17, 15) is 0 Å². The number of anilines is 1. The Morgan fingerprint density at radius 3 is 2.86 bits per heavy atom. The Balaban J connectivity index is 1.61. The molecule has 0 amide bonds. The number of hydrogen-bond acceptors (Lipinski definition) is 4. The monoisotopic (exact) mass is 288 g/mol. The van der Waals surface area contributed by atoms with Crippen molar-refractivity contribution in [3.8, 4) is 11.5 Å². The van der Waals surface area contributed by atoms with Crippen LogP contribution in [0.15, 0.2) is 18.2 Å². The highest BCUT2D eigenvalue weighted by molar-refractivity contribution is 5.58. The van der Waals surface area contributed by atoms with Gasteiger partial charge in [-0.2, -0.15) is 0 Å². The van der Waals surface area contributed by atoms with Gasteiger partial charge >= 0.3 is 0 Å². The molecule has 4 rings (SSSR count). The molecule has 3 aliphatic rings. The van der Waals surface area contributed by atoms with Crippen LogP contribution >= 0.6 is 0 Å². The summed E-state index contributed by atoms with van der Waals surface area (Å²) >= 11 is 0. The largest absolute Gasteiger partial charge is 0.486 e. The van der Waals surface area contributed by atoms with E-state index in [1.807, 2.05) is 0 Å². The van der Waals surface area contributed by atoms with Gasteiger partial charge in [-0.15, -0.1) is 0 Å². The van der Waals surface area contributed by atoms with Crippen molar-refractivity contribution in [3.05, 3.63) is 18.2 Å². The van der Waals surface area contributed by atoms with Gasteiger partial charge in [0.25, 0.3) is 0 Å². The molecule has 0 N–H and O–H groups in total. The van der Waals surface area contributed by atoms with Crippen LogP contribution < -0.4 is 14.4 Å². The summed E-state index contributed by atoms with van der Waals surface area (Å²) in [6.45, 7) is 7.25. The molecule has 2 fully saturated rings. The number of fused-ring (bicyclic) bond motifs is 2. The van der Waals surface area contributed by atoms with Gasteiger partial charge in [-0.25, -0.2) is 0 Å². The summed E-state index contributed by atoms with van der Waals surface area (Å²) in [4.78, 5) is 5.27. The first-order valence-corrected chi connectivity index (χ1v) is 8.25. The van der Waals surface area contributed by atoms with Gasteiger partial charge in [0.1, 0.15) is 13.2 Å². The van der Waals surface area contributed by atoms with Crippen molar-refractivity contribution in [1.29, 1.82) is 0 Å². The molecule has 2 atom stereocenters. The Kier molecular flexibility index (Phi) is 3.42. The van der Waals surface area contributed by atoms with Gasteiger partial charge in [0.2, 0.25) is 0 Å². The van der Waals surface area contributed by atoms with Crippen LogP contribution in [0.4, 0.5) is 5.69 Å². The van der Waals surface area contributed by atoms with Gasteiger partial charge in [-0.1, -0.05) is 6.92 Å². The van der Waals surface area contributed by atoms with E-state index in [4.69, 9.17) is 9.47 Å². The first-order chi connectivity index (χ1) is 10.3.